The van der Waals surface area contributed by atoms with Crippen molar-refractivity contribution >= 4 is 65.2 Å². The molecule has 8 fully saturated rings. The van der Waals surface area contributed by atoms with Crippen molar-refractivity contribution in [2.75, 3.05) is 39.6 Å². The molecule has 8 unspecified atom stereocenters. The molecule has 0 aromatic rings. The van der Waals surface area contributed by atoms with Crippen LogP contribution in [0.5, 0.6) is 0 Å². The van der Waals surface area contributed by atoms with Gasteiger partial charge in [0.25, 0.3) is 0 Å². The number of aliphatic hydroxyl groups is 13. The van der Waals surface area contributed by atoms with Gasteiger partial charge >= 0.3 is 236 Å². The van der Waals surface area contributed by atoms with Crippen molar-refractivity contribution in [2.45, 2.75) is 244 Å². The Bertz CT molecular complexity index is 3300. The van der Waals surface area contributed by atoms with Crippen molar-refractivity contribution in [1.29, 1.82) is 0 Å². The smallest absolute Gasteiger partial charge is 0.726 e. The van der Waals surface area contributed by atoms with Crippen molar-refractivity contribution in [3.8, 4) is 0 Å². The van der Waals surface area contributed by atoms with Crippen LogP contribution in [0.25, 0.3) is 0 Å². The quantitative estimate of drug-likeness (QED) is 0.0114. The summed E-state index contributed by atoms with van der Waals surface area (Å²) in [6.45, 7) is 6.22. The first-order valence-electron chi connectivity index (χ1n) is 33.6. The van der Waals surface area contributed by atoms with E-state index in [2.05, 4.69) is 21.3 Å². The molecule has 8 heterocycles. The van der Waals surface area contributed by atoms with Gasteiger partial charge in [-0.2, -0.15) is 26.4 Å². The molecule has 0 aromatic carbocycles. The van der Waals surface area contributed by atoms with Crippen molar-refractivity contribution in [3.05, 3.63) is 52.1 Å². The molecule has 32 atom stereocenters. The third-order valence-electron chi connectivity index (χ3n) is 16.2. The molecular formula is C57H93N5Na8O49S4-4. The number of ether oxygens (including phenoxy) is 16. The number of unbranched alkanes of at least 4 members (excludes halogenated alkanes) is 2. The minimum atomic E-state index is -4.92. The van der Waals surface area contributed by atoms with Crippen LogP contribution in [-0.2, 0) is 137 Å². The molecule has 123 heavy (non-hydrogen) atoms. The summed E-state index contributed by atoms with van der Waals surface area (Å²) in [5.74, 6) is -2.67. The second kappa shape index (κ2) is 65.9. The summed E-state index contributed by atoms with van der Waals surface area (Å²) < 4.78 is 225. The van der Waals surface area contributed by atoms with Crippen LogP contribution in [0.3, 0.4) is 0 Å². The Labute approximate surface area is 883 Å². The van der Waals surface area contributed by atoms with Gasteiger partial charge in [-0.1, -0.05) is 24.4 Å². The van der Waals surface area contributed by atoms with Crippen LogP contribution >= 0.6 is 0 Å². The Morgan fingerprint density at radius 1 is 0.350 bits per heavy atom. The first kappa shape index (κ1) is 136. The van der Waals surface area contributed by atoms with Gasteiger partial charge < -0.3 is 187 Å². The normalized spacial score (nSPS) is 36.1. The van der Waals surface area contributed by atoms with Gasteiger partial charge in [0.1, 0.15) is 97.4 Å². The SMILES string of the molecule is CC(=O)NC1[C@@H](O[C@@H]2[CH-]O[C@@H](O[C@@H]3C(CO)O[C@H](O[C@@H]4[CH-]O[C@@H](O[C@@H]5C(CO)O[C@H](O[C@@H]6[CH-]O[C@@H](O[C@@H]7C(CO)O[C@H](O[C@@H]8[CH-]O[C@@H](OCCCCCN)[CH-][C@@H]8O)C(NC(C)=O)[C@H]7O)[CH-][C@@H]6O)C(NC(C)=O)[C@H]5O)[CH-][C@@H]4O)C(NC(C)=O)[C@H]3O)[CH-][C@@H]2O)OC(CO)[C@@H](O)[C@@H]1O.O=S(=O)([O-])O.O=S(=O)([O-])O.O=S(=O)([O-])O.O=S(=O)([O-])O.[Na+].[Na+].[Na+].[Na+].[Na+].[Na+].[Na+].[Na+]. The van der Waals surface area contributed by atoms with Crippen LogP contribution < -0.4 is 263 Å². The molecule has 54 nitrogen and oxygen atoms in total. The summed E-state index contributed by atoms with van der Waals surface area (Å²) >= 11 is 0. The largest absolute Gasteiger partial charge is 1.00 e. The molecule has 23 N–H and O–H groups in total. The fourth-order valence-corrected chi connectivity index (χ4v) is 11.5. The Kier molecular flexibility index (Phi) is 72.7. The maximum absolute atomic E-state index is 12.6. The van der Waals surface area contributed by atoms with Crippen molar-refractivity contribution in [2.24, 2.45) is 5.73 Å². The van der Waals surface area contributed by atoms with Crippen molar-refractivity contribution in [1.82, 2.24) is 21.3 Å². The summed E-state index contributed by atoms with van der Waals surface area (Å²) in [4.78, 5) is 49.4. The van der Waals surface area contributed by atoms with Crippen LogP contribution in [0.1, 0.15) is 47.0 Å². The van der Waals surface area contributed by atoms with E-state index < -0.39 is 288 Å². The zero-order valence-electron chi connectivity index (χ0n) is 68.3. The number of amides is 4. The van der Waals surface area contributed by atoms with E-state index in [4.69, 9.17) is 152 Å². The molecule has 8 aliphatic rings. The molecule has 0 radical (unpaired) electrons. The number of hydrogen-bond acceptors (Lipinski definition) is 46. The number of carbonyl (C=O) groups is 4. The summed E-state index contributed by atoms with van der Waals surface area (Å²) in [6, 6.07) is -5.76. The molecule has 0 aromatic heterocycles. The molecule has 0 saturated carbocycles. The maximum Gasteiger partial charge on any atom is 1.00 e. The van der Waals surface area contributed by atoms with Gasteiger partial charge in [-0.3, -0.25) is 37.4 Å². The topological polar surface area (TPSA) is 863 Å². The molecular weight excluding hydrogens is 1850 g/mol. The van der Waals surface area contributed by atoms with Crippen LogP contribution in [0.4, 0.5) is 0 Å². The Balaban J connectivity index is -0.00000149. The molecule has 0 aliphatic carbocycles. The molecule has 0 spiro atoms. The van der Waals surface area contributed by atoms with Crippen LogP contribution in [0.15, 0.2) is 0 Å². The van der Waals surface area contributed by atoms with E-state index in [1.807, 2.05) is 0 Å². The second-order valence-corrected chi connectivity index (χ2v) is 28.6. The Morgan fingerprint density at radius 2 is 0.569 bits per heavy atom. The molecule has 8 aliphatic heterocycles. The fourth-order valence-electron chi connectivity index (χ4n) is 11.5. The van der Waals surface area contributed by atoms with Crippen molar-refractivity contribution < 1.29 is 468 Å². The summed E-state index contributed by atoms with van der Waals surface area (Å²) in [5.41, 5.74) is 5.54. The van der Waals surface area contributed by atoms with Crippen LogP contribution in [-0.4, -0.2) is 396 Å². The standard InChI is InChI=1S/C57H89N5O33.8Na.4H2O4S/c1-22(67)59-42-47(76)46(75)30(14-63)85-54(42)89-35-19-82-39(11-27(35)72)93-52-32(16-65)87-56(44(49(52)78)61-24(3)69)91-37-21-84-41(13-29(37)74)95-53-33(17-66)88-57(45(50(53)79)62-25(4)70)92-36-20-83-40(12-28(36)73)94-51-31(15-64)86-55(43(48(51)77)60-23(2)68)90-34-18-81-38(10-26(34)71)80-9-7-5-6-8-58;;;;;;;;;4*1-5(2,3)4/h10-13,18-21,26-57,63-66,71-79H,5-9,14-17,58H2,1-4H3,(H,59,67)(H,60,68)(H,61,69)(H,62,70);;;;;;;;;4*(H2,1,2,3,4)/q-8;8*+1;;;;/p-4/t26-,27-,28-,29-,30?,31?,32?,33?,34+,35+,36+,37+,38+,39-,40-,41-,42?,43?,44?,45?,46+,47+,48+,49+,50+,51+,52+,53+,54+,55+,56+,57+;;;;;;;;;;;;/m0............/s1. The van der Waals surface area contributed by atoms with E-state index in [1.54, 1.807) is 0 Å². The minimum absolute atomic E-state index is 0. The van der Waals surface area contributed by atoms with E-state index in [0.717, 1.165) is 79.6 Å². The predicted octanol–water partition coefficient (Wildman–Crippen LogP) is -38.1. The number of hydrogen-bond donors (Lipinski definition) is 22. The van der Waals surface area contributed by atoms with Crippen molar-refractivity contribution in [3.63, 3.8) is 0 Å². The van der Waals surface area contributed by atoms with E-state index in [9.17, 15) is 85.6 Å². The Hall–Kier alpha value is 4.16. The zero-order chi connectivity index (χ0) is 86.9. The van der Waals surface area contributed by atoms with E-state index in [-0.39, 0.29) is 236 Å². The molecule has 4 amide bonds. The van der Waals surface area contributed by atoms with Gasteiger partial charge in [0, 0.05) is 59.5 Å². The molecule has 8 saturated heterocycles. The van der Waals surface area contributed by atoms with Gasteiger partial charge in [-0.25, -0.2) is 59.4 Å². The average Bonchev–Trinajstić information content (AvgIpc) is 0.792. The van der Waals surface area contributed by atoms with Gasteiger partial charge in [0.05, 0.1) is 26.4 Å². The number of nitrogens with one attached hydrogen (secondary N) is 4. The molecule has 676 valence electrons. The predicted molar refractivity (Wildman–Crippen MR) is 354 cm³/mol. The summed E-state index contributed by atoms with van der Waals surface area (Å²) in [6.07, 6.45) is -35.3. The van der Waals surface area contributed by atoms with Gasteiger partial charge in [-0.15, -0.1) is 0 Å². The number of carbonyl (C=O) groups excluding carboxylic acids is 4. The number of nitrogens with two attached hydrogens (primary N) is 1. The summed E-state index contributed by atoms with van der Waals surface area (Å²) in [7, 11) is -19.7. The second-order valence-electron chi connectivity index (χ2n) is 25.2. The monoisotopic (exact) mass is 1940 g/mol. The van der Waals surface area contributed by atoms with Gasteiger partial charge in [0.15, 0.2) is 25.2 Å². The third-order valence-corrected chi connectivity index (χ3v) is 16.2. The number of aliphatic hydroxyl groups excluding tert-OH is 13. The maximum atomic E-state index is 12.6. The molecule has 66 heteroatoms. The molecule has 0 bridgehead atoms. The van der Waals surface area contributed by atoms with Gasteiger partial charge in [0.2, 0.25) is 65.2 Å². The molecule has 8 rings (SSSR count). The summed E-state index contributed by atoms with van der Waals surface area (Å²) in [5, 5.41) is 152. The average molecular weight is 1940 g/mol. The minimum Gasteiger partial charge on any atom is -0.726 e. The van der Waals surface area contributed by atoms with E-state index >= 15 is 0 Å². The fraction of sp³-hybridized carbons (Fsp3) is 0.789. The third kappa shape index (κ3) is 51.1. The first-order chi connectivity index (χ1) is 53.3. The van der Waals surface area contributed by atoms with Crippen LogP contribution in [0.2, 0.25) is 0 Å². The van der Waals surface area contributed by atoms with Crippen LogP contribution in [0, 0.1) is 52.1 Å². The Morgan fingerprint density at radius 3 is 0.789 bits per heavy atom. The van der Waals surface area contributed by atoms with Gasteiger partial charge in [-0.05, 0) is 50.2 Å². The zero-order valence-corrected chi connectivity index (χ0v) is 87.6. The van der Waals surface area contributed by atoms with E-state index in [1.165, 1.54) is 13.0 Å². The van der Waals surface area contributed by atoms with E-state index in [0.29, 0.717) is 19.6 Å². The first-order valence-corrected chi connectivity index (χ1v) is 39.1. The number of rotatable bonds is 28.